The van der Waals surface area contributed by atoms with Gasteiger partial charge < -0.3 is 10.1 Å². The lowest BCUT2D eigenvalue weighted by atomic mass is 9.97. The first-order valence-corrected chi connectivity index (χ1v) is 8.61. The molecule has 0 saturated carbocycles. The molecule has 1 N–H and O–H groups in total. The molecular formula is C18H23F3N2O3. The fourth-order valence-electron chi connectivity index (χ4n) is 2.97. The van der Waals surface area contributed by atoms with Crippen molar-refractivity contribution in [1.29, 1.82) is 0 Å². The number of esters is 1. The summed E-state index contributed by atoms with van der Waals surface area (Å²) in [6.07, 6.45) is -2.91. The van der Waals surface area contributed by atoms with E-state index in [4.69, 9.17) is 4.74 Å². The number of likely N-dealkylation sites (tertiary alicyclic amines) is 1. The van der Waals surface area contributed by atoms with Crippen LogP contribution in [-0.2, 0) is 20.5 Å². The number of anilines is 1. The second-order valence-electron chi connectivity index (χ2n) is 6.33. The van der Waals surface area contributed by atoms with Gasteiger partial charge in [0, 0.05) is 12.2 Å². The zero-order valence-corrected chi connectivity index (χ0v) is 14.8. The number of nitrogens with one attached hydrogen (secondary N) is 1. The fourth-order valence-corrected chi connectivity index (χ4v) is 2.97. The number of hydrogen-bond donors (Lipinski definition) is 1. The Morgan fingerprint density at radius 1 is 1.31 bits per heavy atom. The van der Waals surface area contributed by atoms with Crippen molar-refractivity contribution >= 4 is 17.6 Å². The van der Waals surface area contributed by atoms with Crippen molar-refractivity contribution in [1.82, 2.24) is 4.90 Å². The fraction of sp³-hybridized carbons (Fsp3) is 0.556. The molecular weight excluding hydrogens is 349 g/mol. The maximum atomic E-state index is 12.6. The highest BCUT2D eigenvalue weighted by molar-refractivity contribution is 5.94. The van der Waals surface area contributed by atoms with Gasteiger partial charge in [0.2, 0.25) is 5.91 Å². The van der Waals surface area contributed by atoms with Crippen LogP contribution in [0, 0.1) is 5.92 Å². The number of alkyl halides is 3. The summed E-state index contributed by atoms with van der Waals surface area (Å²) < 4.78 is 42.8. The van der Waals surface area contributed by atoms with Gasteiger partial charge in [0.15, 0.2) is 0 Å². The quantitative estimate of drug-likeness (QED) is 0.806. The molecule has 1 amide bonds. The Morgan fingerprint density at radius 2 is 1.96 bits per heavy atom. The standard InChI is InChI=1S/C18H23F3N2O3/c1-3-26-17(25)13-5-4-10-23(11-13)12(2)16(24)22-15-8-6-14(7-9-15)18(19,20)21/h6-9,12-13H,3-5,10-11H2,1-2H3,(H,22,24)/t12-,13+/m0/s1. The molecule has 0 unspecified atom stereocenters. The Balaban J connectivity index is 1.95. The molecule has 0 bridgehead atoms. The molecule has 0 aromatic heterocycles. The van der Waals surface area contributed by atoms with Gasteiger partial charge in [-0.15, -0.1) is 0 Å². The molecule has 2 rings (SSSR count). The van der Waals surface area contributed by atoms with Crippen molar-refractivity contribution in [3.63, 3.8) is 0 Å². The van der Waals surface area contributed by atoms with E-state index in [1.807, 2.05) is 4.90 Å². The number of amides is 1. The molecule has 144 valence electrons. The van der Waals surface area contributed by atoms with Crippen LogP contribution in [0.3, 0.4) is 0 Å². The first-order chi connectivity index (χ1) is 12.2. The van der Waals surface area contributed by atoms with Crippen molar-refractivity contribution in [2.75, 3.05) is 25.0 Å². The smallest absolute Gasteiger partial charge is 0.416 e. The lowest BCUT2D eigenvalue weighted by Crippen LogP contribution is -2.48. The number of piperidine rings is 1. The molecule has 1 fully saturated rings. The van der Waals surface area contributed by atoms with Crippen LogP contribution in [0.1, 0.15) is 32.3 Å². The SMILES string of the molecule is CCOC(=O)[C@@H]1CCCN([C@@H](C)C(=O)Nc2ccc(C(F)(F)F)cc2)C1. The zero-order chi connectivity index (χ0) is 19.3. The second kappa shape index (κ2) is 8.53. The maximum Gasteiger partial charge on any atom is 0.416 e. The normalized spacial score (nSPS) is 19.7. The van der Waals surface area contributed by atoms with Crippen molar-refractivity contribution < 1.29 is 27.5 Å². The Hall–Kier alpha value is -2.09. The van der Waals surface area contributed by atoms with Gasteiger partial charge >= 0.3 is 12.1 Å². The summed E-state index contributed by atoms with van der Waals surface area (Å²) in [4.78, 5) is 26.2. The highest BCUT2D eigenvalue weighted by Crippen LogP contribution is 2.30. The lowest BCUT2D eigenvalue weighted by Gasteiger charge is -2.35. The number of nitrogens with zero attached hydrogens (tertiary/aromatic N) is 1. The van der Waals surface area contributed by atoms with Crippen molar-refractivity contribution in [2.45, 2.75) is 38.9 Å². The molecule has 0 spiro atoms. The average Bonchev–Trinajstić information content (AvgIpc) is 2.61. The first kappa shape index (κ1) is 20.2. The molecule has 0 aliphatic carbocycles. The van der Waals surface area contributed by atoms with Crippen LogP contribution in [0.5, 0.6) is 0 Å². The number of carbonyl (C=O) groups is 2. The number of ether oxygens (including phenoxy) is 1. The van der Waals surface area contributed by atoms with Crippen molar-refractivity contribution in [2.24, 2.45) is 5.92 Å². The van der Waals surface area contributed by atoms with E-state index in [-0.39, 0.29) is 17.8 Å². The Morgan fingerprint density at radius 3 is 2.54 bits per heavy atom. The van der Waals surface area contributed by atoms with Crippen LogP contribution in [-0.4, -0.2) is 42.5 Å². The number of benzene rings is 1. The minimum Gasteiger partial charge on any atom is -0.466 e. The van der Waals surface area contributed by atoms with Crippen LogP contribution in [0.4, 0.5) is 18.9 Å². The molecule has 1 aromatic rings. The maximum absolute atomic E-state index is 12.6. The van der Waals surface area contributed by atoms with Gasteiger partial charge in [0.1, 0.15) is 0 Å². The summed E-state index contributed by atoms with van der Waals surface area (Å²) in [5, 5.41) is 2.62. The van der Waals surface area contributed by atoms with E-state index >= 15 is 0 Å². The highest BCUT2D eigenvalue weighted by atomic mass is 19.4. The van der Waals surface area contributed by atoms with E-state index in [1.165, 1.54) is 12.1 Å². The largest absolute Gasteiger partial charge is 0.466 e. The van der Waals surface area contributed by atoms with Crippen molar-refractivity contribution in [3.05, 3.63) is 29.8 Å². The van der Waals surface area contributed by atoms with Gasteiger partial charge in [-0.05, 0) is 57.5 Å². The number of carbonyl (C=O) groups excluding carboxylic acids is 2. The summed E-state index contributed by atoms with van der Waals surface area (Å²) in [5.74, 6) is -0.841. The van der Waals surface area contributed by atoms with E-state index < -0.39 is 17.8 Å². The second-order valence-corrected chi connectivity index (χ2v) is 6.33. The number of hydrogen-bond acceptors (Lipinski definition) is 4. The third kappa shape index (κ3) is 5.20. The van der Waals surface area contributed by atoms with Gasteiger partial charge in [-0.1, -0.05) is 0 Å². The molecule has 2 atom stereocenters. The van der Waals surface area contributed by atoms with Gasteiger partial charge in [-0.25, -0.2) is 0 Å². The zero-order valence-electron chi connectivity index (χ0n) is 14.8. The molecule has 1 heterocycles. The van der Waals surface area contributed by atoms with Gasteiger partial charge in [0.05, 0.1) is 24.1 Å². The van der Waals surface area contributed by atoms with Crippen LogP contribution in [0.2, 0.25) is 0 Å². The summed E-state index contributed by atoms with van der Waals surface area (Å²) in [7, 11) is 0. The highest BCUT2D eigenvalue weighted by Gasteiger charge is 2.32. The molecule has 8 heteroatoms. The van der Waals surface area contributed by atoms with E-state index in [0.29, 0.717) is 25.4 Å². The molecule has 1 aliphatic heterocycles. The Labute approximate surface area is 150 Å². The molecule has 1 saturated heterocycles. The van der Waals surface area contributed by atoms with Crippen LogP contribution < -0.4 is 5.32 Å². The third-order valence-corrected chi connectivity index (χ3v) is 4.48. The molecule has 5 nitrogen and oxygen atoms in total. The van der Waals surface area contributed by atoms with Gasteiger partial charge in [-0.3, -0.25) is 14.5 Å². The molecule has 0 radical (unpaired) electrons. The average molecular weight is 372 g/mol. The monoisotopic (exact) mass is 372 g/mol. The molecule has 1 aromatic carbocycles. The first-order valence-electron chi connectivity index (χ1n) is 8.61. The summed E-state index contributed by atoms with van der Waals surface area (Å²) in [6.45, 7) is 4.89. The summed E-state index contributed by atoms with van der Waals surface area (Å²) in [6, 6.07) is 3.81. The van der Waals surface area contributed by atoms with Crippen LogP contribution >= 0.6 is 0 Å². The van der Waals surface area contributed by atoms with E-state index in [0.717, 1.165) is 25.0 Å². The van der Waals surface area contributed by atoms with E-state index in [1.54, 1.807) is 13.8 Å². The Bertz CT molecular complexity index is 632. The predicted molar refractivity (Wildman–Crippen MR) is 90.5 cm³/mol. The predicted octanol–water partition coefficient (Wildman–Crippen LogP) is 3.31. The summed E-state index contributed by atoms with van der Waals surface area (Å²) in [5.41, 5.74) is -0.467. The lowest BCUT2D eigenvalue weighted by molar-refractivity contribution is -0.150. The van der Waals surface area contributed by atoms with E-state index in [2.05, 4.69) is 5.32 Å². The number of rotatable bonds is 5. The summed E-state index contributed by atoms with van der Waals surface area (Å²) >= 11 is 0. The third-order valence-electron chi connectivity index (χ3n) is 4.48. The molecule has 26 heavy (non-hydrogen) atoms. The topological polar surface area (TPSA) is 58.6 Å². The number of halogens is 3. The minimum absolute atomic E-state index is 0.257. The van der Waals surface area contributed by atoms with E-state index in [9.17, 15) is 22.8 Å². The van der Waals surface area contributed by atoms with Gasteiger partial charge in [0.25, 0.3) is 0 Å². The minimum atomic E-state index is -4.41. The Kier molecular flexibility index (Phi) is 6.63. The van der Waals surface area contributed by atoms with Crippen molar-refractivity contribution in [3.8, 4) is 0 Å². The van der Waals surface area contributed by atoms with Crippen LogP contribution in [0.25, 0.3) is 0 Å². The van der Waals surface area contributed by atoms with Gasteiger partial charge in [-0.2, -0.15) is 13.2 Å². The van der Waals surface area contributed by atoms with Crippen LogP contribution in [0.15, 0.2) is 24.3 Å². The molecule has 1 aliphatic rings.